The summed E-state index contributed by atoms with van der Waals surface area (Å²) in [7, 11) is 0. The Kier molecular flexibility index (Phi) is 10.4. The van der Waals surface area contributed by atoms with Gasteiger partial charge in [0.2, 0.25) is 0 Å². The summed E-state index contributed by atoms with van der Waals surface area (Å²) in [4.78, 5) is 15.8. The Morgan fingerprint density at radius 2 is 2.00 bits per heavy atom. The van der Waals surface area contributed by atoms with Crippen molar-refractivity contribution in [1.29, 1.82) is 0 Å². The third-order valence-corrected chi connectivity index (χ3v) is 4.96. The van der Waals surface area contributed by atoms with Gasteiger partial charge in [0.15, 0.2) is 0 Å². The molecule has 0 saturated heterocycles. The van der Waals surface area contributed by atoms with Crippen molar-refractivity contribution < 1.29 is 4.79 Å². The van der Waals surface area contributed by atoms with E-state index in [1.165, 1.54) is 24.6 Å². The standard InChI is InChI=1S/C14H12BrN3O.C5H11Br.BrH/c15-10-6-12(13(16)18-7-10)8-1-2-11-9(5-8)3-4-17-14(11)19;1-2-3-4-5-6;/h1-2,5-7H,3-4H2,(H2,16,18)(H,17,19);2-5H2,1H3;1H. The van der Waals surface area contributed by atoms with Crippen LogP contribution in [0.5, 0.6) is 0 Å². The predicted molar refractivity (Wildman–Crippen MR) is 121 cm³/mol. The van der Waals surface area contributed by atoms with Crippen LogP contribution in [0.15, 0.2) is 34.9 Å². The second-order valence-corrected chi connectivity index (χ2v) is 7.57. The molecule has 3 rings (SSSR count). The van der Waals surface area contributed by atoms with Crippen LogP contribution in [0.4, 0.5) is 5.82 Å². The minimum atomic E-state index is -0.00635. The summed E-state index contributed by atoms with van der Waals surface area (Å²) in [6, 6.07) is 7.71. The molecule has 1 aromatic carbocycles. The fourth-order valence-corrected chi connectivity index (χ4v) is 3.35. The van der Waals surface area contributed by atoms with Gasteiger partial charge in [0.05, 0.1) is 0 Å². The van der Waals surface area contributed by atoms with Crippen molar-refractivity contribution in [1.82, 2.24) is 10.3 Å². The van der Waals surface area contributed by atoms with Crippen molar-refractivity contribution in [3.05, 3.63) is 46.1 Å². The number of rotatable bonds is 4. The highest BCUT2D eigenvalue weighted by molar-refractivity contribution is 9.10. The zero-order valence-corrected chi connectivity index (χ0v) is 19.6. The first kappa shape index (κ1) is 23.1. The summed E-state index contributed by atoms with van der Waals surface area (Å²) < 4.78 is 0.882. The molecule has 4 nitrogen and oxygen atoms in total. The summed E-state index contributed by atoms with van der Waals surface area (Å²) in [5.41, 5.74) is 9.58. The van der Waals surface area contributed by atoms with Crippen LogP contribution in [0.1, 0.15) is 42.1 Å². The number of amides is 1. The van der Waals surface area contributed by atoms with Crippen molar-refractivity contribution in [2.24, 2.45) is 0 Å². The molecule has 26 heavy (non-hydrogen) atoms. The number of nitrogens with one attached hydrogen (secondary N) is 1. The molecule has 142 valence electrons. The van der Waals surface area contributed by atoms with Gasteiger partial charge in [-0.1, -0.05) is 47.8 Å². The molecule has 0 atom stereocenters. The number of pyridine rings is 1. The smallest absolute Gasteiger partial charge is 0.251 e. The maximum atomic E-state index is 11.7. The van der Waals surface area contributed by atoms with Gasteiger partial charge in [-0.3, -0.25) is 4.79 Å². The van der Waals surface area contributed by atoms with Crippen molar-refractivity contribution in [2.75, 3.05) is 17.6 Å². The highest BCUT2D eigenvalue weighted by Gasteiger charge is 2.17. The number of nitrogens with two attached hydrogens (primary N) is 1. The Bertz CT molecular complexity index is 734. The first-order valence-corrected chi connectivity index (χ1v) is 10.4. The van der Waals surface area contributed by atoms with Crippen LogP contribution < -0.4 is 11.1 Å². The number of nitrogen functional groups attached to an aromatic ring is 1. The van der Waals surface area contributed by atoms with Crippen LogP contribution >= 0.6 is 48.8 Å². The first-order valence-electron chi connectivity index (χ1n) is 8.45. The van der Waals surface area contributed by atoms with E-state index in [1.807, 2.05) is 24.3 Å². The molecule has 2 heterocycles. The number of carbonyl (C=O) groups excluding carboxylic acids is 1. The van der Waals surface area contributed by atoms with Crippen LogP contribution in [-0.2, 0) is 6.42 Å². The molecule has 0 saturated carbocycles. The Morgan fingerprint density at radius 3 is 2.65 bits per heavy atom. The number of alkyl halides is 1. The molecular weight excluding hydrogens is 526 g/mol. The van der Waals surface area contributed by atoms with Crippen LogP contribution in [0, 0.1) is 0 Å². The maximum Gasteiger partial charge on any atom is 0.251 e. The number of nitrogens with zero attached hydrogens (tertiary/aromatic N) is 1. The second kappa shape index (κ2) is 11.7. The van der Waals surface area contributed by atoms with Crippen LogP contribution in [0.2, 0.25) is 0 Å². The normalized spacial score (nSPS) is 12.2. The van der Waals surface area contributed by atoms with E-state index in [2.05, 4.69) is 49.1 Å². The maximum absolute atomic E-state index is 11.7. The lowest BCUT2D eigenvalue weighted by molar-refractivity contribution is 0.0946. The number of anilines is 1. The number of hydrogen-bond donors (Lipinski definition) is 2. The second-order valence-electron chi connectivity index (χ2n) is 5.86. The molecule has 0 unspecified atom stereocenters. The molecule has 0 bridgehead atoms. The van der Waals surface area contributed by atoms with E-state index >= 15 is 0 Å². The zero-order valence-electron chi connectivity index (χ0n) is 14.7. The lowest BCUT2D eigenvalue weighted by atomic mass is 9.95. The Labute approximate surface area is 182 Å². The largest absolute Gasteiger partial charge is 0.383 e. The van der Waals surface area contributed by atoms with Gasteiger partial charge in [-0.05, 0) is 52.0 Å². The third kappa shape index (κ3) is 6.35. The summed E-state index contributed by atoms with van der Waals surface area (Å²) >= 11 is 6.75. The van der Waals surface area contributed by atoms with Crippen LogP contribution in [0.3, 0.4) is 0 Å². The molecule has 0 radical (unpaired) electrons. The molecular formula is C19H24Br3N3O. The summed E-state index contributed by atoms with van der Waals surface area (Å²) in [6.07, 6.45) is 6.54. The average Bonchev–Trinajstić information content (AvgIpc) is 2.62. The van der Waals surface area contributed by atoms with Gasteiger partial charge in [-0.25, -0.2) is 4.98 Å². The third-order valence-electron chi connectivity index (χ3n) is 3.96. The molecule has 1 aliphatic heterocycles. The summed E-state index contributed by atoms with van der Waals surface area (Å²) in [6.45, 7) is 2.89. The molecule has 0 spiro atoms. The Morgan fingerprint density at radius 1 is 1.23 bits per heavy atom. The quantitative estimate of drug-likeness (QED) is 0.389. The number of benzene rings is 1. The molecule has 1 aromatic heterocycles. The predicted octanol–water partition coefficient (Wildman–Crippen LogP) is 5.53. The Hall–Kier alpha value is -0.920. The topological polar surface area (TPSA) is 68.0 Å². The van der Waals surface area contributed by atoms with Gasteiger partial charge in [-0.15, -0.1) is 17.0 Å². The van der Waals surface area contributed by atoms with Crippen molar-refractivity contribution >= 4 is 60.6 Å². The van der Waals surface area contributed by atoms with Gasteiger partial charge in [0.1, 0.15) is 5.82 Å². The van der Waals surface area contributed by atoms with Gasteiger partial charge >= 0.3 is 0 Å². The van der Waals surface area contributed by atoms with Crippen molar-refractivity contribution in [3.8, 4) is 11.1 Å². The average molecular weight is 550 g/mol. The summed E-state index contributed by atoms with van der Waals surface area (Å²) in [5.74, 6) is 0.483. The number of hydrogen-bond acceptors (Lipinski definition) is 3. The van der Waals surface area contributed by atoms with Crippen molar-refractivity contribution in [3.63, 3.8) is 0 Å². The van der Waals surface area contributed by atoms with Gasteiger partial charge in [-0.2, -0.15) is 0 Å². The SMILES string of the molecule is Br.CCCCCBr.Nc1ncc(Br)cc1-c1ccc2c(c1)CCNC2=O. The van der Waals surface area contributed by atoms with Gasteiger partial charge < -0.3 is 11.1 Å². The van der Waals surface area contributed by atoms with Gasteiger partial charge in [0, 0.05) is 33.7 Å². The van der Waals surface area contributed by atoms with E-state index in [4.69, 9.17) is 5.73 Å². The molecule has 7 heteroatoms. The number of aromatic nitrogens is 1. The minimum absolute atomic E-state index is 0. The Balaban J connectivity index is 0.000000422. The lowest BCUT2D eigenvalue weighted by Crippen LogP contribution is -2.31. The van der Waals surface area contributed by atoms with Crippen LogP contribution in [-0.4, -0.2) is 22.8 Å². The molecule has 0 aliphatic carbocycles. The minimum Gasteiger partial charge on any atom is -0.383 e. The zero-order chi connectivity index (χ0) is 18.2. The first-order chi connectivity index (χ1) is 12.1. The number of halogens is 3. The van der Waals surface area contributed by atoms with E-state index in [9.17, 15) is 4.79 Å². The number of carbonyl (C=O) groups is 1. The van der Waals surface area contributed by atoms with E-state index in [1.54, 1.807) is 6.20 Å². The molecule has 0 fully saturated rings. The molecule has 1 amide bonds. The fraction of sp³-hybridized carbons (Fsp3) is 0.368. The highest BCUT2D eigenvalue weighted by atomic mass is 79.9. The molecule has 1 aliphatic rings. The van der Waals surface area contributed by atoms with E-state index in [-0.39, 0.29) is 22.9 Å². The molecule has 2 aromatic rings. The fourth-order valence-electron chi connectivity index (χ4n) is 2.62. The van der Waals surface area contributed by atoms with E-state index in [0.717, 1.165) is 33.1 Å². The van der Waals surface area contributed by atoms with Gasteiger partial charge in [0.25, 0.3) is 5.91 Å². The van der Waals surface area contributed by atoms with Crippen LogP contribution in [0.25, 0.3) is 11.1 Å². The highest BCUT2D eigenvalue weighted by Crippen LogP contribution is 2.29. The monoisotopic (exact) mass is 547 g/mol. The number of fused-ring (bicyclic) bond motifs is 1. The van der Waals surface area contributed by atoms with Crippen molar-refractivity contribution in [2.45, 2.75) is 32.6 Å². The van der Waals surface area contributed by atoms with E-state index in [0.29, 0.717) is 12.4 Å². The number of unbranched alkanes of at least 4 members (excludes halogenated alkanes) is 2. The molecule has 3 N–H and O–H groups in total. The summed E-state index contributed by atoms with van der Waals surface area (Å²) in [5, 5.41) is 4.00. The lowest BCUT2D eigenvalue weighted by Gasteiger charge is -2.17. The van der Waals surface area contributed by atoms with E-state index < -0.39 is 0 Å².